The van der Waals surface area contributed by atoms with Crippen molar-refractivity contribution in [1.29, 1.82) is 0 Å². The van der Waals surface area contributed by atoms with Crippen LogP contribution in [0.2, 0.25) is 0 Å². The smallest absolute Gasteiger partial charge is 0.414 e. The minimum absolute atomic E-state index is 0.0438. The predicted molar refractivity (Wildman–Crippen MR) is 73.2 cm³/mol. The number of rotatable bonds is 5. The topological polar surface area (TPSA) is 49.9 Å². The molecular formula is C14H16F3N3O. The van der Waals surface area contributed by atoms with Gasteiger partial charge in [-0.2, -0.15) is 18.3 Å². The minimum atomic E-state index is -4.44. The summed E-state index contributed by atoms with van der Waals surface area (Å²) in [6.45, 7) is 3.70. The van der Waals surface area contributed by atoms with Crippen molar-refractivity contribution in [1.82, 2.24) is 10.2 Å². The zero-order valence-electron chi connectivity index (χ0n) is 11.6. The standard InChI is InChI=1S/C14H16F3N3O/c1-9(2)21-11-5-3-4-10(8-11)19-13(14(15,16)17)12-6-7-18-20-12/h3-9,13,19H,1-2H3,(H,18,20). The summed E-state index contributed by atoms with van der Waals surface area (Å²) in [6, 6.07) is 5.87. The van der Waals surface area contributed by atoms with E-state index in [1.807, 2.05) is 13.8 Å². The van der Waals surface area contributed by atoms with Gasteiger partial charge in [-0.25, -0.2) is 0 Å². The first-order chi connectivity index (χ1) is 9.86. The molecule has 1 heterocycles. The van der Waals surface area contributed by atoms with Crippen LogP contribution < -0.4 is 10.1 Å². The van der Waals surface area contributed by atoms with Crippen molar-refractivity contribution < 1.29 is 17.9 Å². The molecule has 0 spiro atoms. The van der Waals surface area contributed by atoms with Gasteiger partial charge in [0, 0.05) is 18.0 Å². The minimum Gasteiger partial charge on any atom is -0.491 e. The van der Waals surface area contributed by atoms with Crippen molar-refractivity contribution in [2.45, 2.75) is 32.2 Å². The Morgan fingerprint density at radius 1 is 1.24 bits per heavy atom. The van der Waals surface area contributed by atoms with E-state index in [1.54, 1.807) is 18.2 Å². The van der Waals surface area contributed by atoms with Crippen molar-refractivity contribution in [3.63, 3.8) is 0 Å². The Morgan fingerprint density at radius 2 is 2.00 bits per heavy atom. The highest BCUT2D eigenvalue weighted by Crippen LogP contribution is 2.35. The van der Waals surface area contributed by atoms with Crippen LogP contribution in [0.1, 0.15) is 25.6 Å². The molecule has 2 aromatic rings. The molecule has 1 aromatic heterocycles. The molecule has 0 radical (unpaired) electrons. The SMILES string of the molecule is CC(C)Oc1cccc(NC(c2ccn[nH]2)C(F)(F)F)c1. The Morgan fingerprint density at radius 3 is 2.57 bits per heavy atom. The molecule has 0 fully saturated rings. The molecule has 1 unspecified atom stereocenters. The summed E-state index contributed by atoms with van der Waals surface area (Å²) in [7, 11) is 0. The van der Waals surface area contributed by atoms with E-state index in [0.717, 1.165) is 0 Å². The number of anilines is 1. The highest BCUT2D eigenvalue weighted by atomic mass is 19.4. The molecule has 1 atom stereocenters. The summed E-state index contributed by atoms with van der Waals surface area (Å²) in [5.74, 6) is 0.514. The zero-order chi connectivity index (χ0) is 15.5. The second kappa shape index (κ2) is 6.07. The molecule has 0 aliphatic rings. The van der Waals surface area contributed by atoms with Crippen LogP contribution in [0, 0.1) is 0 Å². The van der Waals surface area contributed by atoms with E-state index in [9.17, 15) is 13.2 Å². The lowest BCUT2D eigenvalue weighted by Gasteiger charge is -2.22. The Bertz CT molecular complexity index is 567. The fraction of sp³-hybridized carbons (Fsp3) is 0.357. The molecule has 0 amide bonds. The third-order valence-electron chi connectivity index (χ3n) is 2.68. The zero-order valence-corrected chi connectivity index (χ0v) is 11.6. The van der Waals surface area contributed by atoms with E-state index < -0.39 is 12.2 Å². The Labute approximate surface area is 120 Å². The number of alkyl halides is 3. The maximum Gasteiger partial charge on any atom is 0.414 e. The average molecular weight is 299 g/mol. The summed E-state index contributed by atoms with van der Waals surface area (Å²) >= 11 is 0. The van der Waals surface area contributed by atoms with Crippen molar-refractivity contribution in [3.05, 3.63) is 42.2 Å². The van der Waals surface area contributed by atoms with Crippen LogP contribution in [0.4, 0.5) is 18.9 Å². The van der Waals surface area contributed by atoms with E-state index in [1.165, 1.54) is 18.3 Å². The number of aromatic amines is 1. The lowest BCUT2D eigenvalue weighted by Crippen LogP contribution is -2.28. The van der Waals surface area contributed by atoms with Crippen molar-refractivity contribution in [2.24, 2.45) is 0 Å². The first-order valence-electron chi connectivity index (χ1n) is 6.45. The van der Waals surface area contributed by atoms with Crippen molar-refractivity contribution in [2.75, 3.05) is 5.32 Å². The van der Waals surface area contributed by atoms with Gasteiger partial charge >= 0.3 is 6.18 Å². The van der Waals surface area contributed by atoms with Crippen LogP contribution in [0.5, 0.6) is 5.75 Å². The van der Waals surface area contributed by atoms with Gasteiger partial charge in [-0.3, -0.25) is 5.10 Å². The first-order valence-corrected chi connectivity index (χ1v) is 6.45. The summed E-state index contributed by atoms with van der Waals surface area (Å²) in [5.41, 5.74) is 0.280. The number of hydrogen-bond acceptors (Lipinski definition) is 3. The second-order valence-corrected chi connectivity index (χ2v) is 4.83. The van der Waals surface area contributed by atoms with E-state index >= 15 is 0 Å². The van der Waals surface area contributed by atoms with Gasteiger partial charge in [0.2, 0.25) is 0 Å². The van der Waals surface area contributed by atoms with E-state index in [2.05, 4.69) is 15.5 Å². The number of H-pyrrole nitrogens is 1. The quantitative estimate of drug-likeness (QED) is 0.880. The first kappa shape index (κ1) is 15.2. The van der Waals surface area contributed by atoms with Crippen LogP contribution in [0.25, 0.3) is 0 Å². The number of nitrogens with one attached hydrogen (secondary N) is 2. The summed E-state index contributed by atoms with van der Waals surface area (Å²) in [6.07, 6.45) is -3.21. The molecule has 21 heavy (non-hydrogen) atoms. The van der Waals surface area contributed by atoms with E-state index in [0.29, 0.717) is 11.4 Å². The number of benzene rings is 1. The van der Waals surface area contributed by atoms with Gasteiger partial charge in [0.15, 0.2) is 6.04 Å². The summed E-state index contributed by atoms with van der Waals surface area (Å²) in [4.78, 5) is 0. The van der Waals surface area contributed by atoms with Crippen LogP contribution in [0.3, 0.4) is 0 Å². The van der Waals surface area contributed by atoms with Crippen LogP contribution >= 0.6 is 0 Å². The Kier molecular flexibility index (Phi) is 4.40. The molecule has 0 aliphatic heterocycles. The number of nitrogens with zero attached hydrogens (tertiary/aromatic N) is 1. The molecule has 0 bridgehead atoms. The van der Waals surface area contributed by atoms with Gasteiger partial charge in [-0.1, -0.05) is 6.07 Å². The van der Waals surface area contributed by atoms with Gasteiger partial charge < -0.3 is 10.1 Å². The molecule has 2 N–H and O–H groups in total. The van der Waals surface area contributed by atoms with Crippen LogP contribution in [-0.4, -0.2) is 22.5 Å². The van der Waals surface area contributed by atoms with Gasteiger partial charge in [-0.15, -0.1) is 0 Å². The third kappa shape index (κ3) is 4.14. The van der Waals surface area contributed by atoms with Crippen molar-refractivity contribution in [3.8, 4) is 5.75 Å². The monoisotopic (exact) mass is 299 g/mol. The van der Waals surface area contributed by atoms with Crippen LogP contribution in [0.15, 0.2) is 36.5 Å². The number of ether oxygens (including phenoxy) is 1. The second-order valence-electron chi connectivity index (χ2n) is 4.83. The highest BCUT2D eigenvalue weighted by Gasteiger charge is 2.41. The van der Waals surface area contributed by atoms with E-state index in [-0.39, 0.29) is 11.8 Å². The average Bonchev–Trinajstić information content (AvgIpc) is 2.87. The third-order valence-corrected chi connectivity index (χ3v) is 2.68. The molecular weight excluding hydrogens is 283 g/mol. The molecule has 7 heteroatoms. The molecule has 114 valence electrons. The van der Waals surface area contributed by atoms with Gasteiger partial charge in [-0.05, 0) is 32.0 Å². The maximum absolute atomic E-state index is 13.1. The predicted octanol–water partition coefficient (Wildman–Crippen LogP) is 3.91. The van der Waals surface area contributed by atoms with Gasteiger partial charge in [0.1, 0.15) is 5.75 Å². The lowest BCUT2D eigenvalue weighted by molar-refractivity contribution is -0.144. The number of halogens is 3. The summed E-state index contributed by atoms with van der Waals surface area (Å²) in [5, 5.41) is 8.37. The molecule has 0 saturated heterocycles. The number of aromatic nitrogens is 2. The fourth-order valence-electron chi connectivity index (χ4n) is 1.86. The van der Waals surface area contributed by atoms with Gasteiger partial charge in [0.25, 0.3) is 0 Å². The molecule has 4 nitrogen and oxygen atoms in total. The fourth-order valence-corrected chi connectivity index (χ4v) is 1.86. The normalized spacial score (nSPS) is 13.2. The maximum atomic E-state index is 13.1. The Balaban J connectivity index is 2.21. The highest BCUT2D eigenvalue weighted by molar-refractivity contribution is 5.50. The molecule has 1 aromatic carbocycles. The summed E-state index contributed by atoms with van der Waals surface area (Å²) < 4.78 is 44.9. The molecule has 0 saturated carbocycles. The Hall–Kier alpha value is -2.18. The van der Waals surface area contributed by atoms with Crippen LogP contribution in [-0.2, 0) is 0 Å². The molecule has 2 rings (SSSR count). The lowest BCUT2D eigenvalue weighted by atomic mass is 10.2. The van der Waals surface area contributed by atoms with Gasteiger partial charge in [0.05, 0.1) is 11.8 Å². The van der Waals surface area contributed by atoms with E-state index in [4.69, 9.17) is 4.74 Å². The molecule has 0 aliphatic carbocycles. The number of hydrogen-bond donors (Lipinski definition) is 2. The van der Waals surface area contributed by atoms with Crippen molar-refractivity contribution >= 4 is 5.69 Å². The largest absolute Gasteiger partial charge is 0.491 e.